The van der Waals surface area contributed by atoms with Crippen LogP contribution in [0.5, 0.6) is 0 Å². The van der Waals surface area contributed by atoms with Gasteiger partial charge in [-0.2, -0.15) is 5.26 Å². The Hall–Kier alpha value is 0.425. The first-order valence-corrected chi connectivity index (χ1v) is 5.07. The largest absolute Gasteiger partial charge is 1.00 e. The molecule has 0 atom stereocenters. The third-order valence-corrected chi connectivity index (χ3v) is 3.35. The molecule has 1 aliphatic heterocycles. The minimum Gasteiger partial charge on any atom is -0.481 e. The fraction of sp³-hybridized carbons (Fsp3) is 0.333. The Morgan fingerprint density at radius 1 is 1.60 bits per heavy atom. The molecule has 15 heavy (non-hydrogen) atoms. The number of thiophene rings is 1. The summed E-state index contributed by atoms with van der Waals surface area (Å²) in [4.78, 5) is 11.3. The Bertz CT molecular complexity index is 410. The zero-order valence-corrected chi connectivity index (χ0v) is 14.1. The molecule has 0 fully saturated rings. The van der Waals surface area contributed by atoms with E-state index in [1.165, 1.54) is 11.3 Å². The first-order valence-electron chi connectivity index (χ1n) is 4.25. The van der Waals surface area contributed by atoms with Gasteiger partial charge in [-0.05, 0) is 23.5 Å². The summed E-state index contributed by atoms with van der Waals surface area (Å²) in [7, 11) is 0. The molecule has 0 aromatic carbocycles. The van der Waals surface area contributed by atoms with Gasteiger partial charge in [0.2, 0.25) is 0 Å². The number of fused-ring (bicyclic) bond motifs is 1. The van der Waals surface area contributed by atoms with Crippen molar-refractivity contribution >= 4 is 22.7 Å². The first kappa shape index (κ1) is 13.5. The van der Waals surface area contributed by atoms with Gasteiger partial charge in [0.05, 0.1) is 12.5 Å². The van der Waals surface area contributed by atoms with Crippen LogP contribution >= 0.6 is 11.3 Å². The van der Waals surface area contributed by atoms with Crippen molar-refractivity contribution in [3.63, 3.8) is 0 Å². The van der Waals surface area contributed by atoms with E-state index in [1.807, 2.05) is 0 Å². The van der Waals surface area contributed by atoms with Crippen LogP contribution in [0.1, 0.15) is 16.0 Å². The molecule has 0 radical (unpaired) electrons. The summed E-state index contributed by atoms with van der Waals surface area (Å²) < 4.78 is 0. The molecule has 0 saturated carbocycles. The van der Waals surface area contributed by atoms with Gasteiger partial charge >= 0.3 is 58.2 Å². The van der Waals surface area contributed by atoms with Crippen molar-refractivity contribution in [1.82, 2.24) is 5.32 Å². The molecule has 2 N–H and O–H groups in total. The van der Waals surface area contributed by atoms with E-state index in [-0.39, 0.29) is 58.2 Å². The standard InChI is InChI=1S/C9H8N3OS.Rb/c10-3-7-6-1-2-11-4-8(6)14-9(7)12-5-13;/h11H,1-2,4H2,(H,12,13);/q-1;+1. The van der Waals surface area contributed by atoms with Crippen molar-refractivity contribution in [1.29, 1.82) is 5.26 Å². The van der Waals surface area contributed by atoms with Crippen molar-refractivity contribution < 1.29 is 63.0 Å². The van der Waals surface area contributed by atoms with E-state index in [0.717, 1.165) is 30.0 Å². The van der Waals surface area contributed by atoms with Crippen LogP contribution in [0.25, 0.3) is 0 Å². The van der Waals surface area contributed by atoms with Crippen LogP contribution < -0.4 is 68.8 Å². The summed E-state index contributed by atoms with van der Waals surface area (Å²) in [5.74, 6) is 0. The fourth-order valence-corrected chi connectivity index (χ4v) is 2.70. The van der Waals surface area contributed by atoms with Crippen LogP contribution in [-0.2, 0) is 17.8 Å². The minimum atomic E-state index is 0. The number of nitrogens with zero attached hydrogens (tertiary/aromatic N) is 1. The maximum absolute atomic E-state index is 10.2. The van der Waals surface area contributed by atoms with Crippen LogP contribution in [-0.4, -0.2) is 13.0 Å². The molecule has 4 nitrogen and oxygen atoms in total. The Morgan fingerprint density at radius 3 is 3.07 bits per heavy atom. The summed E-state index contributed by atoms with van der Waals surface area (Å²) in [5.41, 5.74) is 1.68. The molecule has 1 aliphatic rings. The van der Waals surface area contributed by atoms with Gasteiger partial charge in [0, 0.05) is 17.0 Å². The van der Waals surface area contributed by atoms with Crippen LogP contribution in [0.3, 0.4) is 0 Å². The Labute approximate surface area is 141 Å². The summed E-state index contributed by atoms with van der Waals surface area (Å²) in [5, 5.41) is 15.2. The van der Waals surface area contributed by atoms with Crippen molar-refractivity contribution in [2.45, 2.75) is 13.0 Å². The summed E-state index contributed by atoms with van der Waals surface area (Å²) in [6.45, 7) is 1.68. The normalized spacial score (nSPS) is 13.3. The smallest absolute Gasteiger partial charge is 0.481 e. The van der Waals surface area contributed by atoms with E-state index < -0.39 is 0 Å². The Morgan fingerprint density at radius 2 is 2.40 bits per heavy atom. The summed E-state index contributed by atoms with van der Waals surface area (Å²) >= 11 is 1.45. The van der Waals surface area contributed by atoms with Gasteiger partial charge in [0.1, 0.15) is 0 Å². The Balaban J connectivity index is 0.00000112. The van der Waals surface area contributed by atoms with E-state index in [4.69, 9.17) is 5.26 Å². The summed E-state index contributed by atoms with van der Waals surface area (Å²) in [6, 6.07) is 2.13. The number of hydrogen-bond acceptors (Lipinski definition) is 4. The van der Waals surface area contributed by atoms with Gasteiger partial charge in [-0.1, -0.05) is 0 Å². The molecule has 0 bridgehead atoms. The predicted octanol–water partition coefficient (Wildman–Crippen LogP) is -2.25. The number of amides is 1. The molecule has 6 heteroatoms. The molecule has 0 spiro atoms. The molecule has 2 rings (SSSR count). The third-order valence-electron chi connectivity index (χ3n) is 2.20. The quantitative estimate of drug-likeness (QED) is 0.478. The second-order valence-electron chi connectivity index (χ2n) is 2.97. The van der Waals surface area contributed by atoms with Crippen LogP contribution in [0, 0.1) is 11.3 Å². The van der Waals surface area contributed by atoms with Gasteiger partial charge in [-0.3, -0.25) is 0 Å². The summed E-state index contributed by atoms with van der Waals surface area (Å²) in [6.07, 6.45) is 2.46. The molecule has 0 unspecified atom stereocenters. The monoisotopic (exact) mass is 291 g/mol. The first-order chi connectivity index (χ1) is 6.86. The fourth-order valence-electron chi connectivity index (χ4n) is 1.59. The average molecular weight is 292 g/mol. The number of nitrogens with one attached hydrogen (secondary N) is 2. The van der Waals surface area contributed by atoms with Crippen molar-refractivity contribution in [2.24, 2.45) is 0 Å². The minimum absolute atomic E-state index is 0. The van der Waals surface area contributed by atoms with Gasteiger partial charge < -0.3 is 15.4 Å². The van der Waals surface area contributed by atoms with Gasteiger partial charge in [0.25, 0.3) is 0 Å². The van der Waals surface area contributed by atoms with Crippen molar-refractivity contribution in [3.05, 3.63) is 16.0 Å². The molecular formula is C9H8N3ORbS. The molecule has 0 saturated heterocycles. The van der Waals surface area contributed by atoms with Crippen molar-refractivity contribution in [2.75, 3.05) is 11.9 Å². The van der Waals surface area contributed by atoms with E-state index in [1.54, 1.807) is 6.41 Å². The van der Waals surface area contributed by atoms with E-state index in [2.05, 4.69) is 16.7 Å². The van der Waals surface area contributed by atoms with E-state index >= 15 is 0 Å². The van der Waals surface area contributed by atoms with Gasteiger partial charge in [-0.25, -0.2) is 11.3 Å². The number of carbonyl (C=O) groups excluding carboxylic acids is 1. The zero-order valence-electron chi connectivity index (χ0n) is 8.39. The topological polar surface area (TPSA) is 64.9 Å². The van der Waals surface area contributed by atoms with Gasteiger partial charge in [-0.15, -0.1) is 0 Å². The maximum Gasteiger partial charge on any atom is 1.00 e. The second kappa shape index (κ2) is 6.23. The SMILES string of the molecule is N#Cc1c(N[C-]=O)sc2c1CCNC2.[Rb+]. The third kappa shape index (κ3) is 2.76. The maximum atomic E-state index is 10.2. The molecule has 1 aromatic rings. The van der Waals surface area contributed by atoms with E-state index in [0.29, 0.717) is 10.6 Å². The molecule has 72 valence electrons. The average Bonchev–Trinajstić information content (AvgIpc) is 2.55. The van der Waals surface area contributed by atoms with Crippen LogP contribution in [0.2, 0.25) is 0 Å². The zero-order chi connectivity index (χ0) is 9.97. The van der Waals surface area contributed by atoms with Crippen molar-refractivity contribution in [3.8, 4) is 6.07 Å². The Kier molecular flexibility index (Phi) is 5.60. The molecule has 0 aliphatic carbocycles. The van der Waals surface area contributed by atoms with Gasteiger partial charge in [0.15, 0.2) is 0 Å². The molecule has 1 aromatic heterocycles. The predicted molar refractivity (Wildman–Crippen MR) is 53.8 cm³/mol. The number of rotatable bonds is 2. The van der Waals surface area contributed by atoms with E-state index in [9.17, 15) is 4.79 Å². The number of anilines is 1. The number of hydrogen-bond donors (Lipinski definition) is 2. The molecule has 1 amide bonds. The van der Waals surface area contributed by atoms with Crippen LogP contribution in [0.15, 0.2) is 0 Å². The van der Waals surface area contributed by atoms with Crippen LogP contribution in [0.4, 0.5) is 5.00 Å². The molecule has 2 heterocycles. The second-order valence-corrected chi connectivity index (χ2v) is 4.08. The number of nitriles is 1. The molecular weight excluding hydrogens is 284 g/mol.